The van der Waals surface area contributed by atoms with E-state index in [0.717, 1.165) is 26.9 Å². The summed E-state index contributed by atoms with van der Waals surface area (Å²) in [4.78, 5) is 12.7. The minimum absolute atomic E-state index is 0.163. The minimum atomic E-state index is -0.163. The van der Waals surface area contributed by atoms with Crippen LogP contribution < -0.4 is 18.9 Å². The van der Waals surface area contributed by atoms with E-state index in [0.29, 0.717) is 36.0 Å². The second-order valence-corrected chi connectivity index (χ2v) is 8.24. The first kappa shape index (κ1) is 20.6. The molecule has 6 nitrogen and oxygen atoms in total. The molecule has 0 atom stereocenters. The summed E-state index contributed by atoms with van der Waals surface area (Å²) < 4.78 is 29.0. The molecule has 0 fully saturated rings. The highest BCUT2D eigenvalue weighted by molar-refractivity contribution is 9.10. The number of hydrogen-bond donors (Lipinski definition) is 0. The lowest BCUT2D eigenvalue weighted by atomic mass is 10.1. The van der Waals surface area contributed by atoms with E-state index in [2.05, 4.69) is 15.9 Å². The zero-order valence-corrected chi connectivity index (χ0v) is 18.8. The molecule has 5 rings (SSSR count). The third-order valence-corrected chi connectivity index (χ3v) is 5.64. The highest BCUT2D eigenvalue weighted by Gasteiger charge is 2.28. The van der Waals surface area contributed by atoms with Crippen LogP contribution in [0.3, 0.4) is 0 Å². The third kappa shape index (κ3) is 4.09. The predicted octanol–water partition coefficient (Wildman–Crippen LogP) is 5.52. The fraction of sp³-hybridized carbons (Fsp3) is 0.160. The highest BCUT2D eigenvalue weighted by atomic mass is 79.9. The van der Waals surface area contributed by atoms with Crippen LogP contribution in [0.5, 0.6) is 23.0 Å². The van der Waals surface area contributed by atoms with Gasteiger partial charge in [-0.25, -0.2) is 0 Å². The quantitative estimate of drug-likeness (QED) is 0.435. The summed E-state index contributed by atoms with van der Waals surface area (Å²) in [6, 6.07) is 16.6. The molecule has 0 saturated carbocycles. The molecular weight excluding hydrogens is 476 g/mol. The number of methoxy groups -OCH3 is 1. The Bertz CT molecular complexity index is 1230. The van der Waals surface area contributed by atoms with Crippen molar-refractivity contribution >= 4 is 27.8 Å². The third-order valence-electron chi connectivity index (χ3n) is 5.18. The maximum atomic E-state index is 12.7. The molecule has 0 saturated heterocycles. The van der Waals surface area contributed by atoms with Crippen molar-refractivity contribution in [2.45, 2.75) is 13.2 Å². The van der Waals surface area contributed by atoms with Gasteiger partial charge in [0, 0.05) is 21.7 Å². The largest absolute Gasteiger partial charge is 0.497 e. The van der Waals surface area contributed by atoms with Crippen LogP contribution in [0.2, 0.25) is 0 Å². The fourth-order valence-electron chi connectivity index (χ4n) is 3.66. The maximum absolute atomic E-state index is 12.7. The van der Waals surface area contributed by atoms with E-state index in [4.69, 9.17) is 23.7 Å². The fourth-order valence-corrected chi connectivity index (χ4v) is 4.22. The summed E-state index contributed by atoms with van der Waals surface area (Å²) >= 11 is 3.52. The van der Waals surface area contributed by atoms with Crippen LogP contribution in [0.1, 0.15) is 27.0 Å². The van der Waals surface area contributed by atoms with Crippen molar-refractivity contribution in [2.24, 2.45) is 0 Å². The standard InChI is InChI=1S/C25H19BrO6/c1-28-19-4-2-3-15(7-19)8-23-24(27)21-6-5-20(11-22(21)32-23)30-13-17-10-18(26)9-16-12-29-14-31-25(16)17/h2-11H,12-14H2,1H3/b23-8-. The van der Waals surface area contributed by atoms with Crippen LogP contribution in [0.25, 0.3) is 6.08 Å². The van der Waals surface area contributed by atoms with Gasteiger partial charge in [0.15, 0.2) is 12.6 Å². The molecule has 2 aliphatic rings. The summed E-state index contributed by atoms with van der Waals surface area (Å²) in [5, 5.41) is 0. The van der Waals surface area contributed by atoms with Gasteiger partial charge in [0.25, 0.3) is 0 Å². The Kier molecular flexibility index (Phi) is 5.59. The van der Waals surface area contributed by atoms with Crippen molar-refractivity contribution in [3.05, 3.63) is 87.1 Å². The molecule has 3 aromatic rings. The first-order chi connectivity index (χ1) is 15.6. The number of halogens is 1. The lowest BCUT2D eigenvalue weighted by molar-refractivity contribution is -0.0176. The number of Topliss-reactive ketones (excluding diaryl/α,β-unsaturated/α-hetero) is 1. The van der Waals surface area contributed by atoms with E-state index < -0.39 is 0 Å². The van der Waals surface area contributed by atoms with Crippen molar-refractivity contribution in [3.8, 4) is 23.0 Å². The molecule has 0 aromatic heterocycles. The number of carbonyl (C=O) groups excluding carboxylic acids is 1. The van der Waals surface area contributed by atoms with Gasteiger partial charge < -0.3 is 23.7 Å². The second kappa shape index (κ2) is 8.68. The van der Waals surface area contributed by atoms with E-state index in [9.17, 15) is 4.79 Å². The zero-order valence-electron chi connectivity index (χ0n) is 17.2. The molecule has 0 unspecified atom stereocenters. The summed E-state index contributed by atoms with van der Waals surface area (Å²) in [6.45, 7) is 1.03. The number of rotatable bonds is 5. The normalized spacial score (nSPS) is 15.6. The number of ether oxygens (including phenoxy) is 5. The van der Waals surface area contributed by atoms with Crippen molar-refractivity contribution in [1.82, 2.24) is 0 Å². The SMILES string of the molecule is COc1cccc(/C=C2\Oc3cc(OCc4cc(Br)cc5c4OCOC5)ccc3C2=O)c1. The number of fused-ring (bicyclic) bond motifs is 2. The van der Waals surface area contributed by atoms with Gasteiger partial charge in [-0.15, -0.1) is 0 Å². The van der Waals surface area contributed by atoms with E-state index in [1.165, 1.54) is 0 Å². The van der Waals surface area contributed by atoms with Crippen molar-refractivity contribution < 1.29 is 28.5 Å². The van der Waals surface area contributed by atoms with Crippen LogP contribution in [-0.4, -0.2) is 19.7 Å². The molecular formula is C25H19BrO6. The number of ketones is 1. The van der Waals surface area contributed by atoms with E-state index >= 15 is 0 Å². The monoisotopic (exact) mass is 494 g/mol. The lowest BCUT2D eigenvalue weighted by Crippen LogP contribution is -2.14. The van der Waals surface area contributed by atoms with Crippen LogP contribution in [0.15, 0.2) is 64.8 Å². The molecule has 162 valence electrons. The molecule has 0 N–H and O–H groups in total. The number of benzene rings is 3. The summed E-state index contributed by atoms with van der Waals surface area (Å²) in [6.07, 6.45) is 1.71. The Morgan fingerprint density at radius 1 is 1.09 bits per heavy atom. The van der Waals surface area contributed by atoms with Gasteiger partial charge in [0.2, 0.25) is 5.78 Å². The van der Waals surface area contributed by atoms with Crippen molar-refractivity contribution in [2.75, 3.05) is 13.9 Å². The average molecular weight is 495 g/mol. The number of allylic oxidation sites excluding steroid dienone is 1. The molecule has 0 bridgehead atoms. The van der Waals surface area contributed by atoms with Crippen molar-refractivity contribution in [1.29, 1.82) is 0 Å². The maximum Gasteiger partial charge on any atom is 0.231 e. The Balaban J connectivity index is 1.34. The molecule has 0 amide bonds. The minimum Gasteiger partial charge on any atom is -0.497 e. The van der Waals surface area contributed by atoms with E-state index in [1.807, 2.05) is 36.4 Å². The first-order valence-electron chi connectivity index (χ1n) is 9.98. The van der Waals surface area contributed by atoms with Gasteiger partial charge in [0.1, 0.15) is 29.6 Å². The molecule has 7 heteroatoms. The molecule has 3 aromatic carbocycles. The Hall–Kier alpha value is -3.29. The van der Waals surface area contributed by atoms with Gasteiger partial charge in [-0.3, -0.25) is 4.79 Å². The van der Waals surface area contributed by atoms with Gasteiger partial charge in [-0.1, -0.05) is 28.1 Å². The molecule has 32 heavy (non-hydrogen) atoms. The first-order valence-corrected chi connectivity index (χ1v) is 10.8. The highest BCUT2D eigenvalue weighted by Crippen LogP contribution is 2.36. The zero-order chi connectivity index (χ0) is 22.1. The summed E-state index contributed by atoms with van der Waals surface area (Å²) in [5.74, 6) is 2.67. The number of hydrogen-bond acceptors (Lipinski definition) is 6. The lowest BCUT2D eigenvalue weighted by Gasteiger charge is -2.21. The summed E-state index contributed by atoms with van der Waals surface area (Å²) in [7, 11) is 1.60. The summed E-state index contributed by atoms with van der Waals surface area (Å²) in [5.41, 5.74) is 3.21. The molecule has 0 radical (unpaired) electrons. The Labute approximate surface area is 193 Å². The van der Waals surface area contributed by atoms with Gasteiger partial charge in [-0.05, 0) is 48.0 Å². The van der Waals surface area contributed by atoms with Crippen LogP contribution >= 0.6 is 15.9 Å². The Morgan fingerprint density at radius 3 is 2.88 bits per heavy atom. The van der Waals surface area contributed by atoms with Crippen molar-refractivity contribution in [3.63, 3.8) is 0 Å². The molecule has 0 spiro atoms. The van der Waals surface area contributed by atoms with Gasteiger partial charge in [-0.2, -0.15) is 0 Å². The second-order valence-electron chi connectivity index (χ2n) is 7.33. The van der Waals surface area contributed by atoms with Gasteiger partial charge in [0.05, 0.1) is 19.3 Å². The van der Waals surface area contributed by atoms with Gasteiger partial charge >= 0.3 is 0 Å². The van der Waals surface area contributed by atoms with E-state index in [1.54, 1.807) is 31.4 Å². The number of carbonyl (C=O) groups is 1. The molecule has 0 aliphatic carbocycles. The van der Waals surface area contributed by atoms with Crippen LogP contribution in [0.4, 0.5) is 0 Å². The van der Waals surface area contributed by atoms with Crippen LogP contribution in [0, 0.1) is 0 Å². The smallest absolute Gasteiger partial charge is 0.231 e. The topological polar surface area (TPSA) is 63.2 Å². The molecule has 2 heterocycles. The Morgan fingerprint density at radius 2 is 2.00 bits per heavy atom. The molecule has 2 aliphatic heterocycles. The average Bonchev–Trinajstić information content (AvgIpc) is 3.11. The van der Waals surface area contributed by atoms with Crippen LogP contribution in [-0.2, 0) is 18.0 Å². The predicted molar refractivity (Wildman–Crippen MR) is 121 cm³/mol. The van der Waals surface area contributed by atoms with E-state index in [-0.39, 0.29) is 18.3 Å².